The van der Waals surface area contributed by atoms with Gasteiger partial charge in [-0.25, -0.2) is 4.98 Å². The molecule has 1 aliphatic rings. The van der Waals surface area contributed by atoms with E-state index in [2.05, 4.69) is 36.3 Å². The van der Waals surface area contributed by atoms with Crippen molar-refractivity contribution in [2.45, 2.75) is 51.9 Å². The van der Waals surface area contributed by atoms with E-state index in [1.54, 1.807) is 0 Å². The Kier molecular flexibility index (Phi) is 6.66. The van der Waals surface area contributed by atoms with Gasteiger partial charge in [0, 0.05) is 17.5 Å². The molecule has 0 aliphatic heterocycles. The first-order valence-electron chi connectivity index (χ1n) is 11.4. The summed E-state index contributed by atoms with van der Waals surface area (Å²) in [5.41, 5.74) is 17.3. The largest absolute Gasteiger partial charge is 0.397 e. The molecule has 0 fully saturated rings. The standard InChI is InChI=1S/C26H29N5OS/c1-15(2)17-8-10-18(11-9-17)20-19(14-27)24(29)31-26-21(20)22(28)23(33-26)25(32)30-13-12-16-6-4-3-5-7-16/h6,8-11,15H,3-5,7,12-13,28H2,1-2H3,(H2,29,31)(H,30,32). The van der Waals surface area contributed by atoms with E-state index in [1.807, 2.05) is 24.3 Å². The molecular formula is C26H29N5OS. The summed E-state index contributed by atoms with van der Waals surface area (Å²) in [6, 6.07) is 10.2. The van der Waals surface area contributed by atoms with Gasteiger partial charge in [0.25, 0.3) is 5.91 Å². The van der Waals surface area contributed by atoms with Crippen LogP contribution in [0.25, 0.3) is 21.3 Å². The van der Waals surface area contributed by atoms with Crippen LogP contribution in [0.1, 0.15) is 72.7 Å². The Labute approximate surface area is 198 Å². The molecule has 1 aromatic carbocycles. The molecule has 0 bridgehead atoms. The van der Waals surface area contributed by atoms with E-state index in [9.17, 15) is 10.1 Å². The minimum Gasteiger partial charge on any atom is -0.397 e. The predicted molar refractivity (Wildman–Crippen MR) is 136 cm³/mol. The Bertz CT molecular complexity index is 1260. The highest BCUT2D eigenvalue weighted by Crippen LogP contribution is 2.42. The maximum Gasteiger partial charge on any atom is 0.263 e. The fourth-order valence-electron chi connectivity index (χ4n) is 4.32. The predicted octanol–water partition coefficient (Wildman–Crippen LogP) is 5.74. The number of nitriles is 1. The molecule has 1 amide bonds. The second-order valence-corrected chi connectivity index (χ2v) is 9.77. The van der Waals surface area contributed by atoms with Crippen molar-refractivity contribution in [1.29, 1.82) is 5.26 Å². The fourth-order valence-corrected chi connectivity index (χ4v) is 5.35. The van der Waals surface area contributed by atoms with Crippen LogP contribution in [0.3, 0.4) is 0 Å². The van der Waals surface area contributed by atoms with Crippen molar-refractivity contribution in [1.82, 2.24) is 10.3 Å². The average molecular weight is 460 g/mol. The first-order valence-corrected chi connectivity index (χ1v) is 12.2. The Hall–Kier alpha value is -3.37. The number of allylic oxidation sites excluding steroid dienone is 1. The minimum absolute atomic E-state index is 0.144. The van der Waals surface area contributed by atoms with Crippen molar-refractivity contribution < 1.29 is 4.79 Å². The molecule has 170 valence electrons. The molecule has 0 saturated heterocycles. The monoisotopic (exact) mass is 459 g/mol. The van der Waals surface area contributed by atoms with Gasteiger partial charge in [0.1, 0.15) is 27.2 Å². The van der Waals surface area contributed by atoms with E-state index >= 15 is 0 Å². The van der Waals surface area contributed by atoms with Crippen LogP contribution in [0, 0.1) is 11.3 Å². The van der Waals surface area contributed by atoms with Crippen LogP contribution in [-0.2, 0) is 0 Å². The molecule has 0 spiro atoms. The number of thiophene rings is 1. The van der Waals surface area contributed by atoms with Crippen LogP contribution < -0.4 is 16.8 Å². The Balaban J connectivity index is 1.70. The van der Waals surface area contributed by atoms with Gasteiger partial charge in [-0.15, -0.1) is 11.3 Å². The summed E-state index contributed by atoms with van der Waals surface area (Å²) in [4.78, 5) is 18.3. The number of nitrogens with two attached hydrogens (primary N) is 2. The summed E-state index contributed by atoms with van der Waals surface area (Å²) in [5.74, 6) is 0.318. The Morgan fingerprint density at radius 2 is 2.00 bits per heavy atom. The maximum absolute atomic E-state index is 13.0. The molecule has 0 saturated carbocycles. The summed E-state index contributed by atoms with van der Waals surface area (Å²) in [6.45, 7) is 4.83. The zero-order chi connectivity index (χ0) is 23.5. The van der Waals surface area contributed by atoms with E-state index in [4.69, 9.17) is 11.5 Å². The maximum atomic E-state index is 13.0. The fraction of sp³-hybridized carbons (Fsp3) is 0.346. The van der Waals surface area contributed by atoms with E-state index in [-0.39, 0.29) is 17.3 Å². The molecule has 33 heavy (non-hydrogen) atoms. The minimum atomic E-state index is -0.218. The Morgan fingerprint density at radius 1 is 1.24 bits per heavy atom. The van der Waals surface area contributed by atoms with Crippen LogP contribution >= 0.6 is 11.3 Å². The summed E-state index contributed by atoms with van der Waals surface area (Å²) < 4.78 is 0. The lowest BCUT2D eigenvalue weighted by atomic mass is 9.94. The van der Waals surface area contributed by atoms with Crippen LogP contribution in [0.15, 0.2) is 35.9 Å². The quantitative estimate of drug-likeness (QED) is 0.406. The number of anilines is 2. The number of fused-ring (bicyclic) bond motifs is 1. The highest BCUT2D eigenvalue weighted by Gasteiger charge is 2.24. The third-order valence-electron chi connectivity index (χ3n) is 6.21. The molecule has 4 rings (SSSR count). The molecule has 7 heteroatoms. The molecule has 6 nitrogen and oxygen atoms in total. The van der Waals surface area contributed by atoms with Gasteiger partial charge in [0.05, 0.1) is 5.69 Å². The van der Waals surface area contributed by atoms with Gasteiger partial charge in [0.2, 0.25) is 0 Å². The van der Waals surface area contributed by atoms with Gasteiger partial charge >= 0.3 is 0 Å². The first kappa shape index (κ1) is 22.8. The number of nitrogens with one attached hydrogen (secondary N) is 1. The third kappa shape index (κ3) is 4.57. The second-order valence-electron chi connectivity index (χ2n) is 8.77. The molecule has 1 aliphatic carbocycles. The van der Waals surface area contributed by atoms with E-state index in [0.717, 1.165) is 24.8 Å². The van der Waals surface area contributed by atoms with Crippen molar-refractivity contribution in [2.75, 3.05) is 18.0 Å². The summed E-state index contributed by atoms with van der Waals surface area (Å²) in [5, 5.41) is 13.4. The number of pyridine rings is 1. The number of hydrogen-bond donors (Lipinski definition) is 3. The van der Waals surface area contributed by atoms with E-state index < -0.39 is 0 Å². The summed E-state index contributed by atoms with van der Waals surface area (Å²) >= 11 is 1.22. The number of nitrogen functional groups attached to an aromatic ring is 2. The van der Waals surface area contributed by atoms with Crippen LogP contribution in [0.4, 0.5) is 11.5 Å². The summed E-state index contributed by atoms with van der Waals surface area (Å²) in [7, 11) is 0. The molecule has 3 aromatic rings. The van der Waals surface area contributed by atoms with Crippen molar-refractivity contribution >= 4 is 39.0 Å². The number of amides is 1. The summed E-state index contributed by atoms with van der Waals surface area (Å²) in [6.07, 6.45) is 7.85. The number of carbonyl (C=O) groups excluding carboxylic acids is 1. The average Bonchev–Trinajstić information content (AvgIpc) is 3.14. The normalized spacial score (nSPS) is 13.7. The molecule has 2 aromatic heterocycles. The molecule has 0 radical (unpaired) electrons. The van der Waals surface area contributed by atoms with Crippen LogP contribution in [0.5, 0.6) is 0 Å². The highest BCUT2D eigenvalue weighted by atomic mass is 32.1. The van der Waals surface area contributed by atoms with Gasteiger partial charge in [-0.1, -0.05) is 49.8 Å². The number of nitrogens with zero attached hydrogens (tertiary/aromatic N) is 2. The number of benzene rings is 1. The van der Waals surface area contributed by atoms with Gasteiger partial charge in [-0.05, 0) is 49.1 Å². The lowest BCUT2D eigenvalue weighted by Gasteiger charge is -2.13. The van der Waals surface area contributed by atoms with Crippen molar-refractivity contribution in [3.8, 4) is 17.2 Å². The molecule has 0 atom stereocenters. The highest BCUT2D eigenvalue weighted by molar-refractivity contribution is 7.21. The van der Waals surface area contributed by atoms with Gasteiger partial charge in [0.15, 0.2) is 0 Å². The number of aromatic nitrogens is 1. The Morgan fingerprint density at radius 3 is 2.64 bits per heavy atom. The van der Waals surface area contributed by atoms with Crippen molar-refractivity contribution in [2.24, 2.45) is 0 Å². The van der Waals surface area contributed by atoms with Gasteiger partial charge < -0.3 is 16.8 Å². The SMILES string of the molecule is CC(C)c1ccc(-c2c(C#N)c(N)nc3sc(C(=O)NCCC4=CCCCC4)c(N)c23)cc1. The molecular weight excluding hydrogens is 430 g/mol. The van der Waals surface area contributed by atoms with Gasteiger partial charge in [-0.2, -0.15) is 5.26 Å². The molecule has 2 heterocycles. The van der Waals surface area contributed by atoms with Crippen LogP contribution in [0.2, 0.25) is 0 Å². The number of rotatable bonds is 6. The zero-order valence-corrected chi connectivity index (χ0v) is 19.9. The molecule has 0 unspecified atom stereocenters. The number of carbonyl (C=O) groups is 1. The van der Waals surface area contributed by atoms with E-state index in [1.165, 1.54) is 35.3 Å². The lowest BCUT2D eigenvalue weighted by molar-refractivity contribution is 0.0959. The van der Waals surface area contributed by atoms with Gasteiger partial charge in [-0.3, -0.25) is 4.79 Å². The zero-order valence-electron chi connectivity index (χ0n) is 19.1. The topological polar surface area (TPSA) is 118 Å². The number of hydrogen-bond acceptors (Lipinski definition) is 6. The second kappa shape index (κ2) is 9.63. The van der Waals surface area contributed by atoms with Crippen LogP contribution in [-0.4, -0.2) is 17.4 Å². The smallest absolute Gasteiger partial charge is 0.263 e. The van der Waals surface area contributed by atoms with E-state index in [0.29, 0.717) is 38.8 Å². The third-order valence-corrected chi connectivity index (χ3v) is 7.30. The molecule has 5 N–H and O–H groups in total. The van der Waals surface area contributed by atoms with Crippen molar-refractivity contribution in [3.05, 3.63) is 51.9 Å². The lowest BCUT2D eigenvalue weighted by Crippen LogP contribution is -2.24. The first-order chi connectivity index (χ1) is 15.9. The van der Waals surface area contributed by atoms with Crippen molar-refractivity contribution in [3.63, 3.8) is 0 Å².